The molecule has 0 radical (unpaired) electrons. The van der Waals surface area contributed by atoms with Gasteiger partial charge in [-0.1, -0.05) is 83.1 Å². The predicted molar refractivity (Wildman–Crippen MR) is 160 cm³/mol. The highest BCUT2D eigenvalue weighted by Crippen LogP contribution is 1.82. The van der Waals surface area contributed by atoms with Crippen molar-refractivity contribution in [2.45, 2.75) is 83.1 Å². The standard InChI is InChI=1S/C4H4N2.4C4H10.2C3H3N3.C2H3N3/c1-2-4-6-5-3-1;4*1-4(2)3;1-2-5-6-3-4-1;1-2-4-6-5-3-1;1-3-2-5-4-1/h1-4H;4*4H,1-3H3;2*1-3H;1-2H,(H,3,4,5). The Kier molecular flexibility index (Phi) is 42.1. The first kappa shape index (κ1) is 42.3. The molecule has 4 aromatic rings. The molecular weight excluding hydrogens is 490 g/mol. The Labute approximate surface area is 237 Å². The predicted octanol–water partition coefficient (Wildman–Crippen LogP) is 6.67. The first-order chi connectivity index (χ1) is 18.4. The minimum atomic E-state index is 0.833. The van der Waals surface area contributed by atoms with Crippen LogP contribution >= 0.6 is 0 Å². The fraction of sp³-hybridized carbons (Fsp3) is 0.571. The number of hydrogen-bond acceptors (Lipinski definition) is 10. The van der Waals surface area contributed by atoms with E-state index in [1.54, 1.807) is 37.1 Å². The van der Waals surface area contributed by atoms with Crippen LogP contribution in [0.25, 0.3) is 0 Å². The van der Waals surface area contributed by atoms with Crippen molar-refractivity contribution < 1.29 is 0 Å². The first-order valence-corrected chi connectivity index (χ1v) is 13.1. The molecule has 4 heterocycles. The van der Waals surface area contributed by atoms with Gasteiger partial charge in [0.05, 0.1) is 18.6 Å². The van der Waals surface area contributed by atoms with Crippen LogP contribution in [0.1, 0.15) is 83.1 Å². The van der Waals surface area contributed by atoms with Crippen LogP contribution in [0, 0.1) is 23.7 Å². The highest BCUT2D eigenvalue weighted by molar-refractivity contribution is 4.79. The number of aromatic nitrogens is 11. The highest BCUT2D eigenvalue weighted by atomic mass is 15.3. The molecule has 0 aromatic carbocycles. The van der Waals surface area contributed by atoms with Crippen LogP contribution in [0.4, 0.5) is 0 Å². The zero-order chi connectivity index (χ0) is 30.6. The lowest BCUT2D eigenvalue weighted by molar-refractivity contribution is 0.736. The van der Waals surface area contributed by atoms with Crippen LogP contribution in [0.5, 0.6) is 0 Å². The molecule has 4 rings (SSSR count). The summed E-state index contributed by atoms with van der Waals surface area (Å²) in [6, 6.07) is 5.37. The van der Waals surface area contributed by atoms with Crippen LogP contribution in [0.2, 0.25) is 0 Å². The average molecular weight is 544 g/mol. The summed E-state index contributed by atoms with van der Waals surface area (Å²) < 4.78 is 0. The zero-order valence-corrected chi connectivity index (χ0v) is 26.2. The Bertz CT molecular complexity index is 609. The van der Waals surface area contributed by atoms with Crippen molar-refractivity contribution in [3.63, 3.8) is 0 Å². The third-order valence-corrected chi connectivity index (χ3v) is 1.63. The topological polar surface area (TPSA) is 145 Å². The molecule has 4 aromatic heterocycles. The van der Waals surface area contributed by atoms with Crippen molar-refractivity contribution in [3.8, 4) is 0 Å². The van der Waals surface area contributed by atoms with Gasteiger partial charge in [0.25, 0.3) is 0 Å². The van der Waals surface area contributed by atoms with Crippen molar-refractivity contribution in [1.82, 2.24) is 56.0 Å². The molecule has 220 valence electrons. The van der Waals surface area contributed by atoms with E-state index >= 15 is 0 Å². The van der Waals surface area contributed by atoms with Crippen molar-refractivity contribution in [2.75, 3.05) is 0 Å². The number of rotatable bonds is 0. The molecule has 39 heavy (non-hydrogen) atoms. The molecule has 0 saturated carbocycles. The molecule has 0 spiro atoms. The molecule has 0 saturated heterocycles. The van der Waals surface area contributed by atoms with E-state index in [0.717, 1.165) is 23.7 Å². The molecule has 0 aliphatic rings. The van der Waals surface area contributed by atoms with Crippen LogP contribution < -0.4 is 0 Å². The monoisotopic (exact) mass is 543 g/mol. The van der Waals surface area contributed by atoms with Gasteiger partial charge in [-0.3, -0.25) is 5.10 Å². The maximum Gasteiger partial charge on any atom is 0.138 e. The Hall–Kier alpha value is -3.76. The summed E-state index contributed by atoms with van der Waals surface area (Å²) in [4.78, 5) is 7.17. The summed E-state index contributed by atoms with van der Waals surface area (Å²) in [7, 11) is 0. The number of hydrogen-bond donors (Lipinski definition) is 1. The Morgan fingerprint density at radius 3 is 0.923 bits per heavy atom. The maximum absolute atomic E-state index is 3.61. The average Bonchev–Trinajstić information content (AvgIpc) is 3.47. The second-order valence-corrected chi connectivity index (χ2v) is 10.1. The van der Waals surface area contributed by atoms with Crippen LogP contribution in [-0.2, 0) is 0 Å². The highest BCUT2D eigenvalue weighted by Gasteiger charge is 1.69. The zero-order valence-electron chi connectivity index (χ0n) is 26.2. The van der Waals surface area contributed by atoms with E-state index in [1.807, 2.05) is 12.1 Å². The van der Waals surface area contributed by atoms with Crippen molar-refractivity contribution in [3.05, 3.63) is 74.4 Å². The Morgan fingerprint density at radius 2 is 0.821 bits per heavy atom. The van der Waals surface area contributed by atoms with Crippen molar-refractivity contribution in [1.29, 1.82) is 0 Å². The van der Waals surface area contributed by atoms with Crippen molar-refractivity contribution in [2.24, 2.45) is 23.7 Å². The van der Waals surface area contributed by atoms with E-state index in [9.17, 15) is 0 Å². The smallest absolute Gasteiger partial charge is 0.138 e. The quantitative estimate of drug-likeness (QED) is 0.255. The number of aromatic amines is 1. The summed E-state index contributed by atoms with van der Waals surface area (Å²) >= 11 is 0. The first-order valence-electron chi connectivity index (χ1n) is 13.1. The minimum Gasteiger partial charge on any atom is -0.266 e. The molecule has 11 heteroatoms. The lowest BCUT2D eigenvalue weighted by atomic mass is 10.3. The molecule has 0 unspecified atom stereocenters. The summed E-state index contributed by atoms with van der Waals surface area (Å²) in [5.74, 6) is 3.33. The van der Waals surface area contributed by atoms with Gasteiger partial charge in [-0.2, -0.15) is 20.4 Å². The molecule has 0 bridgehead atoms. The van der Waals surface area contributed by atoms with E-state index < -0.39 is 0 Å². The van der Waals surface area contributed by atoms with Gasteiger partial charge in [-0.25, -0.2) is 9.97 Å². The molecule has 0 amide bonds. The van der Waals surface area contributed by atoms with Crippen LogP contribution in [0.3, 0.4) is 0 Å². The third-order valence-electron chi connectivity index (χ3n) is 1.63. The van der Waals surface area contributed by atoms with E-state index in [4.69, 9.17) is 0 Å². The van der Waals surface area contributed by atoms with Gasteiger partial charge in [0.1, 0.15) is 19.0 Å². The van der Waals surface area contributed by atoms with Gasteiger partial charge in [-0.05, 0) is 47.1 Å². The van der Waals surface area contributed by atoms with Crippen LogP contribution in [0.15, 0.2) is 74.4 Å². The number of H-pyrrole nitrogens is 1. The summed E-state index contributed by atoms with van der Waals surface area (Å²) in [5, 5.41) is 30.1. The number of nitrogens with one attached hydrogen (secondary N) is 1. The fourth-order valence-corrected chi connectivity index (χ4v) is 0.830. The number of nitrogens with zero attached hydrogens (tertiary/aromatic N) is 10. The van der Waals surface area contributed by atoms with Gasteiger partial charge < -0.3 is 0 Å². The fourth-order valence-electron chi connectivity index (χ4n) is 0.830. The lowest BCUT2D eigenvalue weighted by Gasteiger charge is -1.79. The van der Waals surface area contributed by atoms with Crippen LogP contribution in [-0.4, -0.2) is 56.0 Å². The lowest BCUT2D eigenvalue weighted by Crippen LogP contribution is -1.78. The normalized spacial score (nSPS) is 8.41. The molecule has 0 aliphatic heterocycles. The summed E-state index contributed by atoms with van der Waals surface area (Å²) in [6.07, 6.45) is 13.9. The third kappa shape index (κ3) is 96.1. The molecule has 0 atom stereocenters. The summed E-state index contributed by atoms with van der Waals surface area (Å²) in [6.45, 7) is 26.0. The van der Waals surface area contributed by atoms with Gasteiger partial charge in [-0.15, -0.1) is 15.3 Å². The SMILES string of the molecule is CC(C)C.CC(C)C.CC(C)C.CC(C)C.c1ccnnc1.c1cnncn1.c1cnnnc1.c1nc[nH]n1. The minimum absolute atomic E-state index is 0.833. The second-order valence-electron chi connectivity index (χ2n) is 10.1. The van der Waals surface area contributed by atoms with Crippen molar-refractivity contribution >= 4 is 0 Å². The molecule has 0 fully saturated rings. The molecule has 1 N–H and O–H groups in total. The largest absolute Gasteiger partial charge is 0.266 e. The second kappa shape index (κ2) is 38.8. The Balaban J connectivity index is -0.000000181. The van der Waals surface area contributed by atoms with Gasteiger partial charge in [0, 0.05) is 18.6 Å². The van der Waals surface area contributed by atoms with E-state index in [2.05, 4.69) is 139 Å². The van der Waals surface area contributed by atoms with E-state index in [0.29, 0.717) is 0 Å². The van der Waals surface area contributed by atoms with E-state index in [-0.39, 0.29) is 0 Å². The van der Waals surface area contributed by atoms with Gasteiger partial charge in [0.2, 0.25) is 0 Å². The Morgan fingerprint density at radius 1 is 0.410 bits per heavy atom. The molecule has 0 aliphatic carbocycles. The molecule has 11 nitrogen and oxygen atoms in total. The molecular formula is C28H53N11. The van der Waals surface area contributed by atoms with E-state index in [1.165, 1.54) is 25.2 Å². The summed E-state index contributed by atoms with van der Waals surface area (Å²) in [5.41, 5.74) is 0. The maximum atomic E-state index is 3.61. The van der Waals surface area contributed by atoms with Gasteiger partial charge in [0.15, 0.2) is 0 Å². The van der Waals surface area contributed by atoms with Gasteiger partial charge >= 0.3 is 0 Å².